The number of aryl methyl sites for hydroxylation is 1. The van der Waals surface area contributed by atoms with E-state index in [2.05, 4.69) is 21.8 Å². The van der Waals surface area contributed by atoms with Gasteiger partial charge in [-0.2, -0.15) is 0 Å². The minimum absolute atomic E-state index is 0.0626. The summed E-state index contributed by atoms with van der Waals surface area (Å²) in [5, 5.41) is 3.43. The van der Waals surface area contributed by atoms with Crippen LogP contribution < -0.4 is 5.32 Å². The molecule has 1 aromatic rings. The molecule has 1 atom stereocenters. The molecule has 1 aliphatic carbocycles. The fourth-order valence-electron chi connectivity index (χ4n) is 4.04. The summed E-state index contributed by atoms with van der Waals surface area (Å²) in [5.41, 5.74) is 0.301. The number of ether oxygens (including phenoxy) is 2. The van der Waals surface area contributed by atoms with Gasteiger partial charge in [0.25, 0.3) is 0 Å². The maximum absolute atomic E-state index is 12.9. The number of piperidine rings is 1. The van der Waals surface area contributed by atoms with Crippen LogP contribution in [0.4, 0.5) is 0 Å². The maximum atomic E-state index is 12.9. The molecule has 2 aliphatic rings. The number of aromatic nitrogens is 2. The zero-order chi connectivity index (χ0) is 18.4. The summed E-state index contributed by atoms with van der Waals surface area (Å²) in [6, 6.07) is 0.314. The second kappa shape index (κ2) is 8.97. The van der Waals surface area contributed by atoms with E-state index in [1.807, 2.05) is 24.2 Å². The molecule has 1 aromatic heterocycles. The molecule has 1 amide bonds. The zero-order valence-electron chi connectivity index (χ0n) is 16.1. The Morgan fingerprint density at radius 1 is 1.35 bits per heavy atom. The van der Waals surface area contributed by atoms with Crippen molar-refractivity contribution in [1.29, 1.82) is 0 Å². The third kappa shape index (κ3) is 4.45. The number of rotatable bonds is 10. The first-order valence-corrected chi connectivity index (χ1v) is 9.86. The standard InChI is InChI=1S/C19H32N4O3/c1-3-22-10-9-21-17(22)14-23(18(24)15-26-12-11-25-4-2)16-13-19(16)5-7-20-8-6-19/h9-10,16,20H,3-8,11-15H2,1-2H3. The van der Waals surface area contributed by atoms with Crippen molar-refractivity contribution in [3.8, 4) is 0 Å². The molecule has 3 rings (SSSR count). The Morgan fingerprint density at radius 3 is 2.85 bits per heavy atom. The largest absolute Gasteiger partial charge is 0.379 e. The minimum Gasteiger partial charge on any atom is -0.379 e. The number of carbonyl (C=O) groups excluding carboxylic acids is 1. The number of hydrogen-bond donors (Lipinski definition) is 1. The summed E-state index contributed by atoms with van der Waals surface area (Å²) in [4.78, 5) is 19.4. The normalized spacial score (nSPS) is 21.1. The van der Waals surface area contributed by atoms with Crippen molar-refractivity contribution in [2.24, 2.45) is 5.41 Å². The lowest BCUT2D eigenvalue weighted by molar-refractivity contribution is -0.138. The van der Waals surface area contributed by atoms with Gasteiger partial charge in [-0.25, -0.2) is 4.98 Å². The van der Waals surface area contributed by atoms with Gasteiger partial charge in [-0.05, 0) is 51.6 Å². The molecule has 1 aliphatic heterocycles. The summed E-state index contributed by atoms with van der Waals surface area (Å²) < 4.78 is 12.9. The van der Waals surface area contributed by atoms with Gasteiger partial charge in [0.15, 0.2) is 0 Å². The molecule has 1 N–H and O–H groups in total. The molecule has 2 heterocycles. The van der Waals surface area contributed by atoms with Gasteiger partial charge in [-0.1, -0.05) is 0 Å². The van der Waals surface area contributed by atoms with Crippen LogP contribution in [0.5, 0.6) is 0 Å². The zero-order valence-corrected chi connectivity index (χ0v) is 16.1. The van der Waals surface area contributed by atoms with Crippen LogP contribution in [0.3, 0.4) is 0 Å². The summed E-state index contributed by atoms with van der Waals surface area (Å²) in [5.74, 6) is 1.01. The molecular formula is C19H32N4O3. The predicted molar refractivity (Wildman–Crippen MR) is 98.7 cm³/mol. The molecule has 1 saturated heterocycles. The lowest BCUT2D eigenvalue weighted by Gasteiger charge is -2.29. The molecule has 7 heteroatoms. The average molecular weight is 364 g/mol. The molecular weight excluding hydrogens is 332 g/mol. The number of carbonyl (C=O) groups is 1. The smallest absolute Gasteiger partial charge is 0.249 e. The third-order valence-electron chi connectivity index (χ3n) is 5.70. The highest BCUT2D eigenvalue weighted by Crippen LogP contribution is 2.56. The van der Waals surface area contributed by atoms with Crippen molar-refractivity contribution >= 4 is 5.91 Å². The summed E-state index contributed by atoms with van der Waals surface area (Å²) in [6.07, 6.45) is 7.19. The predicted octanol–water partition coefficient (Wildman–Crippen LogP) is 1.43. The molecule has 1 unspecified atom stereocenters. The summed E-state index contributed by atoms with van der Waals surface area (Å²) in [7, 11) is 0. The molecule has 1 saturated carbocycles. The van der Waals surface area contributed by atoms with E-state index in [4.69, 9.17) is 9.47 Å². The summed E-state index contributed by atoms with van der Waals surface area (Å²) in [6.45, 7) is 9.34. The molecule has 26 heavy (non-hydrogen) atoms. The van der Waals surface area contributed by atoms with Gasteiger partial charge in [-0.15, -0.1) is 0 Å². The number of nitrogens with zero attached hydrogens (tertiary/aromatic N) is 3. The van der Waals surface area contributed by atoms with Crippen molar-refractivity contribution in [2.75, 3.05) is 39.5 Å². The van der Waals surface area contributed by atoms with Crippen LogP contribution in [0, 0.1) is 5.41 Å². The van der Waals surface area contributed by atoms with Crippen molar-refractivity contribution in [3.05, 3.63) is 18.2 Å². The summed E-state index contributed by atoms with van der Waals surface area (Å²) >= 11 is 0. The van der Waals surface area contributed by atoms with Crippen LogP contribution in [0.15, 0.2) is 12.4 Å². The second-order valence-electron chi connectivity index (χ2n) is 7.23. The van der Waals surface area contributed by atoms with Crippen LogP contribution >= 0.6 is 0 Å². The molecule has 146 valence electrons. The minimum atomic E-state index is 0.0626. The van der Waals surface area contributed by atoms with Crippen LogP contribution in [-0.2, 0) is 27.4 Å². The van der Waals surface area contributed by atoms with E-state index in [-0.39, 0.29) is 12.5 Å². The van der Waals surface area contributed by atoms with E-state index in [0.717, 1.165) is 44.7 Å². The Bertz CT molecular complexity index is 583. The van der Waals surface area contributed by atoms with Crippen LogP contribution in [0.1, 0.15) is 38.9 Å². The molecule has 1 spiro atoms. The van der Waals surface area contributed by atoms with Crippen molar-refractivity contribution in [3.63, 3.8) is 0 Å². The molecule has 2 fully saturated rings. The molecule has 7 nitrogen and oxygen atoms in total. The monoisotopic (exact) mass is 364 g/mol. The maximum Gasteiger partial charge on any atom is 0.249 e. The van der Waals surface area contributed by atoms with Gasteiger partial charge in [0.2, 0.25) is 5.91 Å². The van der Waals surface area contributed by atoms with Gasteiger partial charge in [0.1, 0.15) is 12.4 Å². The SMILES string of the molecule is CCOCCOCC(=O)N(Cc1nccn1CC)C1CC12CCNCC2. The Labute approximate surface area is 156 Å². The number of amides is 1. The first-order chi connectivity index (χ1) is 12.7. The highest BCUT2D eigenvalue weighted by Gasteiger charge is 2.57. The highest BCUT2D eigenvalue weighted by atomic mass is 16.5. The van der Waals surface area contributed by atoms with Gasteiger partial charge in [0, 0.05) is 31.6 Å². The third-order valence-corrected chi connectivity index (χ3v) is 5.70. The Kier molecular flexibility index (Phi) is 6.67. The van der Waals surface area contributed by atoms with Crippen molar-refractivity contribution in [2.45, 2.75) is 52.2 Å². The van der Waals surface area contributed by atoms with Crippen LogP contribution in [-0.4, -0.2) is 65.9 Å². The Hall–Kier alpha value is -1.44. The Morgan fingerprint density at radius 2 is 2.12 bits per heavy atom. The van der Waals surface area contributed by atoms with Crippen LogP contribution in [0.25, 0.3) is 0 Å². The quantitative estimate of drug-likeness (QED) is 0.636. The first kappa shape index (κ1) is 19.3. The number of imidazole rings is 1. The van der Waals surface area contributed by atoms with E-state index in [0.29, 0.717) is 37.8 Å². The van der Waals surface area contributed by atoms with E-state index >= 15 is 0 Å². The van der Waals surface area contributed by atoms with Gasteiger partial charge in [0.05, 0.1) is 19.8 Å². The number of nitrogens with one attached hydrogen (secondary N) is 1. The lowest BCUT2D eigenvalue weighted by Crippen LogP contribution is -2.41. The molecule has 0 bridgehead atoms. The van der Waals surface area contributed by atoms with E-state index in [9.17, 15) is 4.79 Å². The van der Waals surface area contributed by atoms with Crippen LogP contribution in [0.2, 0.25) is 0 Å². The first-order valence-electron chi connectivity index (χ1n) is 9.86. The number of hydrogen-bond acceptors (Lipinski definition) is 5. The van der Waals surface area contributed by atoms with Crippen molar-refractivity contribution in [1.82, 2.24) is 19.8 Å². The second-order valence-corrected chi connectivity index (χ2v) is 7.23. The highest BCUT2D eigenvalue weighted by molar-refractivity contribution is 5.78. The van der Waals surface area contributed by atoms with Crippen molar-refractivity contribution < 1.29 is 14.3 Å². The lowest BCUT2D eigenvalue weighted by atomic mass is 9.93. The average Bonchev–Trinajstić information content (AvgIpc) is 3.13. The van der Waals surface area contributed by atoms with E-state index < -0.39 is 0 Å². The molecule has 0 radical (unpaired) electrons. The van der Waals surface area contributed by atoms with Gasteiger partial charge < -0.3 is 24.3 Å². The fourth-order valence-corrected chi connectivity index (χ4v) is 4.04. The Balaban J connectivity index is 1.63. The van der Waals surface area contributed by atoms with Gasteiger partial charge in [-0.3, -0.25) is 4.79 Å². The fraction of sp³-hybridized carbons (Fsp3) is 0.789. The van der Waals surface area contributed by atoms with Gasteiger partial charge >= 0.3 is 0 Å². The van der Waals surface area contributed by atoms with E-state index in [1.165, 1.54) is 0 Å². The van der Waals surface area contributed by atoms with E-state index in [1.54, 1.807) is 0 Å². The topological polar surface area (TPSA) is 68.6 Å². The molecule has 0 aromatic carbocycles.